The van der Waals surface area contributed by atoms with E-state index in [4.69, 9.17) is 0 Å². The van der Waals surface area contributed by atoms with E-state index in [1.54, 1.807) is 0 Å². The van der Waals surface area contributed by atoms with Gasteiger partial charge in [0.15, 0.2) is 17.4 Å². The summed E-state index contributed by atoms with van der Waals surface area (Å²) in [5.41, 5.74) is 0.590. The van der Waals surface area contributed by atoms with Crippen LogP contribution in [0.1, 0.15) is 102 Å². The highest BCUT2D eigenvalue weighted by Gasteiger charge is 2.39. The monoisotopic (exact) mass is 454 g/mol. The van der Waals surface area contributed by atoms with Crippen molar-refractivity contribution >= 4 is 0 Å². The van der Waals surface area contributed by atoms with Crippen LogP contribution in [0.4, 0.5) is 17.6 Å². The van der Waals surface area contributed by atoms with Gasteiger partial charge in [0.05, 0.1) is 0 Å². The minimum Gasteiger partial charge on any atom is -0.429 e. The minimum absolute atomic E-state index is 0.103. The first-order valence-electron chi connectivity index (χ1n) is 12.9. The number of hydrogen-bond donors (Lipinski definition) is 0. The van der Waals surface area contributed by atoms with Crippen LogP contribution in [0.3, 0.4) is 0 Å². The molecule has 1 nitrogen and oxygen atoms in total. The molecule has 32 heavy (non-hydrogen) atoms. The van der Waals surface area contributed by atoms with Crippen molar-refractivity contribution in [2.24, 2.45) is 29.6 Å². The maximum absolute atomic E-state index is 14.2. The maximum atomic E-state index is 14.2. The van der Waals surface area contributed by atoms with Gasteiger partial charge in [0, 0.05) is 0 Å². The van der Waals surface area contributed by atoms with Crippen molar-refractivity contribution in [3.63, 3.8) is 0 Å². The molecule has 0 aromatic heterocycles. The molecule has 0 aliphatic heterocycles. The molecule has 5 heteroatoms. The Morgan fingerprint density at radius 3 is 2.00 bits per heavy atom. The van der Waals surface area contributed by atoms with Crippen LogP contribution in [0.25, 0.3) is 0 Å². The minimum atomic E-state index is -3.23. The highest BCUT2D eigenvalue weighted by atomic mass is 19.3. The number of hydrogen-bond acceptors (Lipinski definition) is 1. The third-order valence-electron chi connectivity index (χ3n) is 8.88. The molecular weight excluding hydrogens is 416 g/mol. The predicted octanol–water partition coefficient (Wildman–Crippen LogP) is 8.86. The smallest absolute Gasteiger partial charge is 0.387 e. The molecule has 4 rings (SSSR count). The molecule has 0 spiro atoms. The SMILES string of the molecule is CCCCC1CCC(C2CCC3CC(c4cc(F)c(OC(F)F)c(F)c4)CCC3C2)CC1. The van der Waals surface area contributed by atoms with Gasteiger partial charge < -0.3 is 4.74 Å². The van der Waals surface area contributed by atoms with E-state index < -0.39 is 24.0 Å². The highest BCUT2D eigenvalue weighted by molar-refractivity contribution is 5.33. The normalized spacial score (nSPS) is 33.2. The van der Waals surface area contributed by atoms with E-state index in [1.807, 2.05) is 0 Å². The standard InChI is InChI=1S/C27H38F4O/c1-2-3-4-17-5-7-18(8-6-17)19-9-10-21-14-22(12-11-20(21)13-19)23-15-24(28)26(25(29)16-23)32-27(30)31/h15-22,27H,2-14H2,1H3. The van der Waals surface area contributed by atoms with E-state index >= 15 is 0 Å². The fourth-order valence-electron chi connectivity index (χ4n) is 7.11. The first-order valence-corrected chi connectivity index (χ1v) is 12.9. The van der Waals surface area contributed by atoms with E-state index in [0.29, 0.717) is 11.5 Å². The molecule has 3 aliphatic carbocycles. The third kappa shape index (κ3) is 5.62. The molecule has 3 saturated carbocycles. The van der Waals surface area contributed by atoms with Crippen molar-refractivity contribution in [3.05, 3.63) is 29.3 Å². The van der Waals surface area contributed by atoms with Crippen molar-refractivity contribution in [2.75, 3.05) is 0 Å². The van der Waals surface area contributed by atoms with Crippen molar-refractivity contribution in [1.82, 2.24) is 0 Å². The number of alkyl halides is 2. The molecule has 3 fully saturated rings. The lowest BCUT2D eigenvalue weighted by molar-refractivity contribution is -0.0546. The van der Waals surface area contributed by atoms with Crippen LogP contribution in [-0.4, -0.2) is 6.61 Å². The molecule has 4 atom stereocenters. The lowest BCUT2D eigenvalue weighted by atomic mass is 9.60. The lowest BCUT2D eigenvalue weighted by Crippen LogP contribution is -2.34. The molecule has 0 bridgehead atoms. The summed E-state index contributed by atoms with van der Waals surface area (Å²) in [6, 6.07) is 2.41. The fraction of sp³-hybridized carbons (Fsp3) is 0.778. The van der Waals surface area contributed by atoms with Gasteiger partial charge in [0.25, 0.3) is 0 Å². The first kappa shape index (κ1) is 23.9. The summed E-state index contributed by atoms with van der Waals surface area (Å²) in [7, 11) is 0. The second-order valence-corrected chi connectivity index (χ2v) is 10.7. The summed E-state index contributed by atoms with van der Waals surface area (Å²) in [5, 5.41) is 0. The van der Waals surface area contributed by atoms with Gasteiger partial charge in [0.1, 0.15) is 0 Å². The quantitative estimate of drug-likeness (QED) is 0.374. The van der Waals surface area contributed by atoms with Gasteiger partial charge in [-0.3, -0.25) is 0 Å². The number of ether oxygens (including phenoxy) is 1. The molecule has 0 heterocycles. The fourth-order valence-corrected chi connectivity index (χ4v) is 7.11. The maximum Gasteiger partial charge on any atom is 0.387 e. The molecular formula is C27H38F4O. The van der Waals surface area contributed by atoms with Gasteiger partial charge in [-0.25, -0.2) is 8.78 Å². The highest BCUT2D eigenvalue weighted by Crippen LogP contribution is 2.51. The number of unbranched alkanes of at least 4 members (excludes halogenated alkanes) is 1. The molecule has 0 N–H and O–H groups in total. The summed E-state index contributed by atoms with van der Waals surface area (Å²) < 4.78 is 57.2. The zero-order valence-electron chi connectivity index (χ0n) is 19.3. The van der Waals surface area contributed by atoms with Gasteiger partial charge in [-0.15, -0.1) is 0 Å². The predicted molar refractivity (Wildman–Crippen MR) is 119 cm³/mol. The Hall–Kier alpha value is -1.26. The Kier molecular flexibility index (Phi) is 8.04. The summed E-state index contributed by atoms with van der Waals surface area (Å²) in [4.78, 5) is 0. The second kappa shape index (κ2) is 10.8. The molecule has 4 unspecified atom stereocenters. The van der Waals surface area contributed by atoms with Gasteiger partial charge in [0.2, 0.25) is 0 Å². The molecule has 0 amide bonds. The molecule has 180 valence electrons. The molecule has 0 radical (unpaired) electrons. The van der Waals surface area contributed by atoms with Crippen LogP contribution in [0.5, 0.6) is 5.75 Å². The van der Waals surface area contributed by atoms with Crippen LogP contribution in [0.2, 0.25) is 0 Å². The van der Waals surface area contributed by atoms with Crippen LogP contribution in [0.15, 0.2) is 12.1 Å². The van der Waals surface area contributed by atoms with E-state index in [-0.39, 0.29) is 5.92 Å². The van der Waals surface area contributed by atoms with Crippen LogP contribution in [0, 0.1) is 41.2 Å². The zero-order valence-corrected chi connectivity index (χ0v) is 19.3. The third-order valence-corrected chi connectivity index (χ3v) is 8.88. The van der Waals surface area contributed by atoms with Gasteiger partial charge in [-0.05, 0) is 105 Å². The topological polar surface area (TPSA) is 9.23 Å². The van der Waals surface area contributed by atoms with Crippen molar-refractivity contribution in [3.8, 4) is 5.75 Å². The average molecular weight is 455 g/mol. The van der Waals surface area contributed by atoms with Crippen LogP contribution < -0.4 is 4.74 Å². The number of benzene rings is 1. The van der Waals surface area contributed by atoms with Crippen molar-refractivity contribution in [2.45, 2.75) is 103 Å². The van der Waals surface area contributed by atoms with Crippen LogP contribution in [-0.2, 0) is 0 Å². The number of fused-ring (bicyclic) bond motifs is 1. The zero-order chi connectivity index (χ0) is 22.7. The van der Waals surface area contributed by atoms with Crippen molar-refractivity contribution < 1.29 is 22.3 Å². The van der Waals surface area contributed by atoms with E-state index in [0.717, 1.165) is 42.9 Å². The Bertz CT molecular complexity index is 720. The first-order chi connectivity index (χ1) is 15.4. The summed E-state index contributed by atoms with van der Waals surface area (Å²) in [5.74, 6) is 1.15. The van der Waals surface area contributed by atoms with Gasteiger partial charge >= 0.3 is 6.61 Å². The second-order valence-electron chi connectivity index (χ2n) is 10.7. The lowest BCUT2D eigenvalue weighted by Gasteiger charge is -2.45. The molecule has 0 saturated heterocycles. The molecule has 1 aromatic carbocycles. The Labute approximate surface area is 190 Å². The summed E-state index contributed by atoms with van der Waals surface area (Å²) >= 11 is 0. The van der Waals surface area contributed by atoms with E-state index in [1.165, 1.54) is 76.3 Å². The molecule has 3 aliphatic rings. The Balaban J connectivity index is 1.31. The number of rotatable bonds is 7. The summed E-state index contributed by atoms with van der Waals surface area (Å²) in [6.07, 6.45) is 16.6. The van der Waals surface area contributed by atoms with Gasteiger partial charge in [-0.1, -0.05) is 39.0 Å². The largest absolute Gasteiger partial charge is 0.429 e. The van der Waals surface area contributed by atoms with E-state index in [2.05, 4.69) is 11.7 Å². The van der Waals surface area contributed by atoms with Crippen LogP contribution >= 0.6 is 0 Å². The average Bonchev–Trinajstić information content (AvgIpc) is 2.79. The number of halogens is 4. The van der Waals surface area contributed by atoms with Gasteiger partial charge in [-0.2, -0.15) is 8.78 Å². The Morgan fingerprint density at radius 1 is 0.812 bits per heavy atom. The molecule has 1 aromatic rings. The summed E-state index contributed by atoms with van der Waals surface area (Å²) in [6.45, 7) is -0.954. The van der Waals surface area contributed by atoms with E-state index in [9.17, 15) is 17.6 Å². The van der Waals surface area contributed by atoms with Crippen molar-refractivity contribution in [1.29, 1.82) is 0 Å². The Morgan fingerprint density at radius 2 is 1.38 bits per heavy atom.